The summed E-state index contributed by atoms with van der Waals surface area (Å²) in [5, 5.41) is 12.0. The van der Waals surface area contributed by atoms with Crippen LogP contribution in [0.5, 0.6) is 11.6 Å². The number of anilines is 1. The van der Waals surface area contributed by atoms with Gasteiger partial charge in [-0.3, -0.25) is 14.4 Å². The van der Waals surface area contributed by atoms with E-state index in [0.29, 0.717) is 12.1 Å². The fourth-order valence-electron chi connectivity index (χ4n) is 4.42. The standard InChI is InChI=1S/C28H30F4N4O5S/c1-4-35-17-25(27(34-35)40-5-2)42(37,38)36-16-19(11-14-26(33)39-3)41-24-13-10-18(15-23(24)36)9-12-20-21(28(30,31)32)7-6-8-22(20)29/h6-10,12-13,15,17,19,33H,4-5,11,14,16H2,1-3H3/b12-9+,33-26?/t19-/m0/s1. The number of aryl methyl sites for hydroxylation is 1. The van der Waals surface area contributed by atoms with E-state index in [2.05, 4.69) is 5.10 Å². The lowest BCUT2D eigenvalue weighted by Crippen LogP contribution is -2.43. The topological polar surface area (TPSA) is 107 Å². The van der Waals surface area contributed by atoms with Gasteiger partial charge in [0.1, 0.15) is 17.7 Å². The van der Waals surface area contributed by atoms with Crippen LogP contribution in [-0.4, -0.2) is 50.5 Å². The highest BCUT2D eigenvalue weighted by Gasteiger charge is 2.38. The van der Waals surface area contributed by atoms with Gasteiger partial charge in [-0.1, -0.05) is 24.3 Å². The van der Waals surface area contributed by atoms with Gasteiger partial charge in [-0.15, -0.1) is 5.10 Å². The Kier molecular flexibility index (Phi) is 9.14. The van der Waals surface area contributed by atoms with Crippen LogP contribution in [0.1, 0.15) is 43.4 Å². The normalized spacial score (nSPS) is 15.4. The number of alkyl halides is 3. The summed E-state index contributed by atoms with van der Waals surface area (Å²) in [6.07, 6.45) is -1.30. The number of hydrogen-bond donors (Lipinski definition) is 1. The number of aromatic nitrogens is 2. The minimum Gasteiger partial charge on any atom is -0.486 e. The van der Waals surface area contributed by atoms with Crippen molar-refractivity contribution >= 4 is 33.8 Å². The Hall–Kier alpha value is -4.07. The molecule has 42 heavy (non-hydrogen) atoms. The van der Waals surface area contributed by atoms with Gasteiger partial charge in [-0.2, -0.15) is 13.2 Å². The number of rotatable bonds is 10. The largest absolute Gasteiger partial charge is 0.486 e. The third kappa shape index (κ3) is 6.53. The molecule has 3 aromatic rings. The first-order chi connectivity index (χ1) is 19.9. The number of nitrogens with zero attached hydrogens (tertiary/aromatic N) is 3. The molecule has 0 unspecified atom stereocenters. The molecule has 0 fully saturated rings. The maximum Gasteiger partial charge on any atom is 0.417 e. The second-order valence-electron chi connectivity index (χ2n) is 9.29. The first-order valence-electron chi connectivity index (χ1n) is 13.1. The second kappa shape index (κ2) is 12.4. The van der Waals surface area contributed by atoms with Crippen molar-refractivity contribution in [3.05, 3.63) is 65.1 Å². The highest BCUT2D eigenvalue weighted by atomic mass is 32.2. The number of benzene rings is 2. The zero-order valence-corrected chi connectivity index (χ0v) is 23.9. The number of ether oxygens (including phenoxy) is 3. The van der Waals surface area contributed by atoms with E-state index in [1.54, 1.807) is 13.8 Å². The van der Waals surface area contributed by atoms with Crippen molar-refractivity contribution in [3.63, 3.8) is 0 Å². The minimum absolute atomic E-state index is 0.00788. The number of sulfonamides is 1. The molecule has 226 valence electrons. The Morgan fingerprint density at radius 1 is 1.21 bits per heavy atom. The van der Waals surface area contributed by atoms with Gasteiger partial charge in [0.05, 0.1) is 31.5 Å². The molecule has 0 amide bonds. The Morgan fingerprint density at radius 2 is 1.98 bits per heavy atom. The van der Waals surface area contributed by atoms with Crippen LogP contribution in [0.25, 0.3) is 12.2 Å². The number of nitrogens with one attached hydrogen (secondary N) is 1. The van der Waals surface area contributed by atoms with Crippen molar-refractivity contribution in [2.45, 2.75) is 50.4 Å². The summed E-state index contributed by atoms with van der Waals surface area (Å²) in [4.78, 5) is -0.162. The van der Waals surface area contributed by atoms with Gasteiger partial charge in [0.2, 0.25) is 0 Å². The molecule has 1 aromatic heterocycles. The molecule has 2 heterocycles. The lowest BCUT2D eigenvalue weighted by molar-refractivity contribution is -0.137. The average Bonchev–Trinajstić information content (AvgIpc) is 3.38. The first kappa shape index (κ1) is 30.9. The molecular weight excluding hydrogens is 580 g/mol. The van der Waals surface area contributed by atoms with E-state index in [4.69, 9.17) is 19.6 Å². The van der Waals surface area contributed by atoms with Gasteiger partial charge < -0.3 is 14.2 Å². The van der Waals surface area contributed by atoms with Crippen LogP contribution in [0, 0.1) is 11.2 Å². The average molecular weight is 611 g/mol. The van der Waals surface area contributed by atoms with E-state index in [-0.39, 0.29) is 54.1 Å². The smallest absolute Gasteiger partial charge is 0.417 e. The first-order valence-corrected chi connectivity index (χ1v) is 14.5. The Morgan fingerprint density at radius 3 is 2.64 bits per heavy atom. The highest BCUT2D eigenvalue weighted by molar-refractivity contribution is 7.93. The van der Waals surface area contributed by atoms with E-state index >= 15 is 0 Å². The minimum atomic E-state index is -4.77. The number of hydrogen-bond acceptors (Lipinski definition) is 7. The summed E-state index contributed by atoms with van der Waals surface area (Å²) >= 11 is 0. The van der Waals surface area contributed by atoms with Gasteiger partial charge in [0.15, 0.2) is 10.8 Å². The predicted molar refractivity (Wildman–Crippen MR) is 149 cm³/mol. The SMILES string of the molecule is CCOc1nn(CC)cc1S(=O)(=O)N1C[C@H](CCC(=N)OC)Oc2ccc(/C=C/c3c(F)cccc3C(F)(F)F)cc21. The van der Waals surface area contributed by atoms with Crippen LogP contribution < -0.4 is 13.8 Å². The van der Waals surface area contributed by atoms with Crippen LogP contribution >= 0.6 is 0 Å². The number of methoxy groups -OCH3 is 1. The molecular formula is C28H30F4N4O5S. The summed E-state index contributed by atoms with van der Waals surface area (Å²) in [7, 11) is -2.92. The summed E-state index contributed by atoms with van der Waals surface area (Å²) < 4.78 is 102. The number of halogens is 4. The summed E-state index contributed by atoms with van der Waals surface area (Å²) in [5.41, 5.74) is -1.34. The van der Waals surface area contributed by atoms with Gasteiger partial charge in [0, 0.05) is 24.7 Å². The molecule has 1 aliphatic heterocycles. The molecule has 2 aromatic carbocycles. The van der Waals surface area contributed by atoms with Crippen molar-refractivity contribution in [3.8, 4) is 11.6 Å². The van der Waals surface area contributed by atoms with E-state index in [0.717, 1.165) is 28.6 Å². The third-order valence-electron chi connectivity index (χ3n) is 6.52. The molecule has 4 rings (SSSR count). The summed E-state index contributed by atoms with van der Waals surface area (Å²) in [6.45, 7) is 3.93. The van der Waals surface area contributed by atoms with Crippen molar-refractivity contribution in [2.24, 2.45) is 0 Å². The molecule has 1 N–H and O–H groups in total. The molecule has 0 aliphatic carbocycles. The highest BCUT2D eigenvalue weighted by Crippen LogP contribution is 2.41. The van der Waals surface area contributed by atoms with Gasteiger partial charge >= 0.3 is 6.18 Å². The summed E-state index contributed by atoms with van der Waals surface area (Å²) in [5.74, 6) is -0.903. The Labute approximate surface area is 240 Å². The zero-order valence-electron chi connectivity index (χ0n) is 23.1. The Bertz CT molecular complexity index is 1590. The van der Waals surface area contributed by atoms with Crippen molar-refractivity contribution in [1.82, 2.24) is 9.78 Å². The maximum atomic E-state index is 14.4. The van der Waals surface area contributed by atoms with Crippen LogP contribution in [0.3, 0.4) is 0 Å². The van der Waals surface area contributed by atoms with Crippen LogP contribution in [0.4, 0.5) is 23.2 Å². The molecule has 1 aliphatic rings. The molecule has 0 radical (unpaired) electrons. The molecule has 0 saturated heterocycles. The molecule has 0 bridgehead atoms. The molecule has 0 saturated carbocycles. The lowest BCUT2D eigenvalue weighted by atomic mass is 10.0. The van der Waals surface area contributed by atoms with Gasteiger partial charge in [-0.25, -0.2) is 12.8 Å². The van der Waals surface area contributed by atoms with Crippen LogP contribution in [-0.2, 0) is 27.5 Å². The van der Waals surface area contributed by atoms with E-state index < -0.39 is 39.2 Å². The monoisotopic (exact) mass is 610 g/mol. The molecule has 1 atom stereocenters. The zero-order chi connectivity index (χ0) is 30.7. The van der Waals surface area contributed by atoms with Crippen molar-refractivity contribution in [1.29, 1.82) is 5.41 Å². The fourth-order valence-corrected chi connectivity index (χ4v) is 5.99. The molecule has 9 nitrogen and oxygen atoms in total. The van der Waals surface area contributed by atoms with E-state index in [1.165, 1.54) is 42.3 Å². The lowest BCUT2D eigenvalue weighted by Gasteiger charge is -2.35. The predicted octanol–water partition coefficient (Wildman–Crippen LogP) is 5.99. The van der Waals surface area contributed by atoms with Gasteiger partial charge in [0.25, 0.3) is 15.9 Å². The fraction of sp³-hybridized carbons (Fsp3) is 0.357. The number of fused-ring (bicyclic) bond motifs is 1. The van der Waals surface area contributed by atoms with Crippen LogP contribution in [0.2, 0.25) is 0 Å². The van der Waals surface area contributed by atoms with E-state index in [9.17, 15) is 26.0 Å². The molecule has 14 heteroatoms. The van der Waals surface area contributed by atoms with Crippen molar-refractivity contribution in [2.75, 3.05) is 24.6 Å². The van der Waals surface area contributed by atoms with Crippen LogP contribution in [0.15, 0.2) is 47.5 Å². The maximum absolute atomic E-state index is 14.4. The second-order valence-corrected chi connectivity index (χ2v) is 11.1. The van der Waals surface area contributed by atoms with E-state index in [1.807, 2.05) is 0 Å². The van der Waals surface area contributed by atoms with Crippen molar-refractivity contribution < 1.29 is 40.2 Å². The Balaban J connectivity index is 1.78. The van der Waals surface area contributed by atoms with Gasteiger partial charge in [-0.05, 0) is 50.1 Å². The quantitative estimate of drug-likeness (QED) is 0.131. The summed E-state index contributed by atoms with van der Waals surface area (Å²) in [6, 6.07) is 7.16. The third-order valence-corrected chi connectivity index (χ3v) is 8.29. The molecule has 0 spiro atoms.